The zero-order valence-corrected chi connectivity index (χ0v) is 15.8. The number of anilines is 2. The Labute approximate surface area is 164 Å². The molecule has 0 atom stereocenters. The molecule has 0 unspecified atom stereocenters. The van der Waals surface area contributed by atoms with Crippen molar-refractivity contribution in [3.8, 4) is 5.75 Å². The summed E-state index contributed by atoms with van der Waals surface area (Å²) >= 11 is 1.33. The summed E-state index contributed by atoms with van der Waals surface area (Å²) in [7, 11) is 1.54. The maximum absolute atomic E-state index is 12.3. The van der Waals surface area contributed by atoms with Gasteiger partial charge in [0, 0.05) is 41.3 Å². The van der Waals surface area contributed by atoms with E-state index in [1.807, 2.05) is 30.3 Å². The molecule has 0 saturated heterocycles. The van der Waals surface area contributed by atoms with E-state index in [2.05, 4.69) is 15.6 Å². The molecule has 28 heavy (non-hydrogen) atoms. The van der Waals surface area contributed by atoms with Crippen LogP contribution in [0.5, 0.6) is 5.75 Å². The fraction of sp³-hybridized carbons (Fsp3) is 0.150. The summed E-state index contributed by atoms with van der Waals surface area (Å²) in [5, 5.41) is 9.62. The smallest absolute Gasteiger partial charge is 0.226 e. The number of thiazole rings is 1. The second-order valence-corrected chi connectivity index (χ2v) is 6.98. The Morgan fingerprint density at radius 3 is 2.61 bits per heavy atom. The van der Waals surface area contributed by atoms with Gasteiger partial charge in [-0.3, -0.25) is 9.59 Å². The highest BCUT2D eigenvalue weighted by Crippen LogP contribution is 2.36. The maximum Gasteiger partial charge on any atom is 0.226 e. The first kappa shape index (κ1) is 18.0. The fourth-order valence-electron chi connectivity index (χ4n) is 2.92. The number of fused-ring (bicyclic) bond motifs is 3. The minimum atomic E-state index is -0.289. The standard InChI is InChI=1S/C20H17N3O4S/c1-26-17-10-13-12-4-2-3-5-15(12)27-16(13)11-14(17)22-18(24)6-7-19(25)23-20-21-8-9-28-20/h2-5,8-11H,6-7H2,1H3,(H,22,24)(H,21,23,25). The number of benzene rings is 2. The van der Waals surface area contributed by atoms with Crippen LogP contribution in [0.3, 0.4) is 0 Å². The van der Waals surface area contributed by atoms with Crippen LogP contribution in [-0.4, -0.2) is 23.9 Å². The zero-order chi connectivity index (χ0) is 19.5. The van der Waals surface area contributed by atoms with Crippen molar-refractivity contribution in [2.45, 2.75) is 12.8 Å². The Morgan fingerprint density at radius 1 is 1.07 bits per heavy atom. The molecule has 2 heterocycles. The summed E-state index contributed by atoms with van der Waals surface area (Å²) in [6, 6.07) is 11.3. The number of nitrogens with one attached hydrogen (secondary N) is 2. The molecule has 2 amide bonds. The van der Waals surface area contributed by atoms with Crippen LogP contribution in [0.1, 0.15) is 12.8 Å². The van der Waals surface area contributed by atoms with Crippen molar-refractivity contribution >= 4 is 55.9 Å². The Hall–Kier alpha value is -3.39. The molecule has 4 aromatic rings. The van der Waals surface area contributed by atoms with Crippen LogP contribution >= 0.6 is 11.3 Å². The van der Waals surface area contributed by atoms with Crippen LogP contribution in [0.2, 0.25) is 0 Å². The monoisotopic (exact) mass is 395 g/mol. The Bertz CT molecular complexity index is 1150. The van der Waals surface area contributed by atoms with Crippen molar-refractivity contribution < 1.29 is 18.7 Å². The van der Waals surface area contributed by atoms with Gasteiger partial charge < -0.3 is 19.8 Å². The molecule has 0 aliphatic rings. The molecule has 2 aromatic heterocycles. The lowest BCUT2D eigenvalue weighted by Crippen LogP contribution is -2.17. The molecule has 0 spiro atoms. The molecule has 8 heteroatoms. The summed E-state index contributed by atoms with van der Waals surface area (Å²) in [6.45, 7) is 0. The molecule has 0 aliphatic heterocycles. The number of aromatic nitrogens is 1. The van der Waals surface area contributed by atoms with E-state index in [1.165, 1.54) is 11.3 Å². The van der Waals surface area contributed by atoms with Crippen molar-refractivity contribution in [2.75, 3.05) is 17.7 Å². The van der Waals surface area contributed by atoms with Gasteiger partial charge in [0.2, 0.25) is 11.8 Å². The van der Waals surface area contributed by atoms with Crippen LogP contribution in [0.4, 0.5) is 10.8 Å². The number of carbonyl (C=O) groups is 2. The Kier molecular flexibility index (Phi) is 4.94. The maximum atomic E-state index is 12.3. The molecular formula is C20H17N3O4S. The molecular weight excluding hydrogens is 378 g/mol. The van der Waals surface area contributed by atoms with Crippen molar-refractivity contribution in [3.05, 3.63) is 48.0 Å². The molecule has 0 aliphatic carbocycles. The molecule has 7 nitrogen and oxygen atoms in total. The van der Waals surface area contributed by atoms with Crippen LogP contribution in [0.25, 0.3) is 21.9 Å². The zero-order valence-electron chi connectivity index (χ0n) is 15.0. The molecule has 2 aromatic carbocycles. The van der Waals surface area contributed by atoms with Gasteiger partial charge in [-0.25, -0.2) is 4.98 Å². The van der Waals surface area contributed by atoms with E-state index in [-0.39, 0.29) is 24.7 Å². The average molecular weight is 395 g/mol. The third-order valence-electron chi connectivity index (χ3n) is 4.23. The van der Waals surface area contributed by atoms with Crippen LogP contribution in [0.15, 0.2) is 52.4 Å². The van der Waals surface area contributed by atoms with E-state index in [4.69, 9.17) is 9.15 Å². The number of methoxy groups -OCH3 is 1. The summed E-state index contributed by atoms with van der Waals surface area (Å²) < 4.78 is 11.3. The highest BCUT2D eigenvalue weighted by atomic mass is 32.1. The minimum Gasteiger partial charge on any atom is -0.495 e. The van der Waals surface area contributed by atoms with Crippen molar-refractivity contribution in [1.82, 2.24) is 4.98 Å². The summed E-state index contributed by atoms with van der Waals surface area (Å²) in [6.07, 6.45) is 1.70. The molecule has 2 N–H and O–H groups in total. The summed E-state index contributed by atoms with van der Waals surface area (Å²) in [5.74, 6) is -0.0208. The fourth-order valence-corrected chi connectivity index (χ4v) is 3.47. The number of nitrogens with zero attached hydrogens (tertiary/aromatic N) is 1. The first-order chi connectivity index (χ1) is 13.6. The van der Waals surface area contributed by atoms with Crippen molar-refractivity contribution in [3.63, 3.8) is 0 Å². The lowest BCUT2D eigenvalue weighted by atomic mass is 10.1. The molecule has 0 fully saturated rings. The van der Waals surface area contributed by atoms with Gasteiger partial charge in [-0.2, -0.15) is 0 Å². The molecule has 4 rings (SSSR count). The normalized spacial score (nSPS) is 10.9. The van der Waals surface area contributed by atoms with Crippen molar-refractivity contribution in [1.29, 1.82) is 0 Å². The Balaban J connectivity index is 1.48. The largest absolute Gasteiger partial charge is 0.495 e. The predicted molar refractivity (Wildman–Crippen MR) is 109 cm³/mol. The third kappa shape index (κ3) is 3.67. The topological polar surface area (TPSA) is 93.5 Å². The van der Waals surface area contributed by atoms with E-state index in [0.717, 1.165) is 16.4 Å². The van der Waals surface area contributed by atoms with Gasteiger partial charge in [0.05, 0.1) is 12.8 Å². The van der Waals surface area contributed by atoms with E-state index in [9.17, 15) is 9.59 Å². The molecule has 0 saturated carbocycles. The van der Waals surface area contributed by atoms with Gasteiger partial charge in [-0.05, 0) is 12.1 Å². The van der Waals surface area contributed by atoms with Crippen LogP contribution < -0.4 is 15.4 Å². The van der Waals surface area contributed by atoms with Gasteiger partial charge in [0.15, 0.2) is 5.13 Å². The first-order valence-corrected chi connectivity index (χ1v) is 9.50. The number of hydrogen-bond donors (Lipinski definition) is 2. The van der Waals surface area contributed by atoms with E-state index in [1.54, 1.807) is 24.8 Å². The highest BCUT2D eigenvalue weighted by Gasteiger charge is 2.15. The van der Waals surface area contributed by atoms with Gasteiger partial charge >= 0.3 is 0 Å². The molecule has 0 radical (unpaired) electrons. The Morgan fingerprint density at radius 2 is 1.86 bits per heavy atom. The second-order valence-electron chi connectivity index (χ2n) is 6.08. The van der Waals surface area contributed by atoms with E-state index in [0.29, 0.717) is 22.2 Å². The SMILES string of the molecule is COc1cc2c(cc1NC(=O)CCC(=O)Nc1nccs1)oc1ccccc12. The molecule has 0 bridgehead atoms. The number of para-hydroxylation sites is 1. The predicted octanol–water partition coefficient (Wildman–Crippen LogP) is 4.41. The van der Waals surface area contributed by atoms with Crippen molar-refractivity contribution in [2.24, 2.45) is 0 Å². The van der Waals surface area contributed by atoms with Gasteiger partial charge in [0.1, 0.15) is 16.9 Å². The summed E-state index contributed by atoms with van der Waals surface area (Å²) in [4.78, 5) is 28.2. The minimum absolute atomic E-state index is 0.0402. The number of amides is 2. The third-order valence-corrected chi connectivity index (χ3v) is 4.92. The number of hydrogen-bond acceptors (Lipinski definition) is 6. The van der Waals surface area contributed by atoms with E-state index < -0.39 is 0 Å². The number of furan rings is 1. The summed E-state index contributed by atoms with van der Waals surface area (Å²) in [5.41, 5.74) is 1.92. The lowest BCUT2D eigenvalue weighted by molar-refractivity contribution is -0.121. The van der Waals surface area contributed by atoms with E-state index >= 15 is 0 Å². The lowest BCUT2D eigenvalue weighted by Gasteiger charge is -2.10. The van der Waals surface area contributed by atoms with Gasteiger partial charge in [-0.15, -0.1) is 11.3 Å². The number of ether oxygens (including phenoxy) is 1. The number of carbonyl (C=O) groups excluding carboxylic acids is 2. The highest BCUT2D eigenvalue weighted by molar-refractivity contribution is 7.13. The van der Waals surface area contributed by atoms with Gasteiger partial charge in [-0.1, -0.05) is 18.2 Å². The van der Waals surface area contributed by atoms with Gasteiger partial charge in [0.25, 0.3) is 0 Å². The first-order valence-electron chi connectivity index (χ1n) is 8.62. The molecule has 142 valence electrons. The van der Waals surface area contributed by atoms with Crippen LogP contribution in [-0.2, 0) is 9.59 Å². The number of rotatable bonds is 6. The quantitative estimate of drug-likeness (QED) is 0.504. The average Bonchev–Trinajstić information content (AvgIpc) is 3.32. The van der Waals surface area contributed by atoms with Crippen LogP contribution in [0, 0.1) is 0 Å². The second kappa shape index (κ2) is 7.69.